The SMILES string of the molecule is CN(Cc1ncn[nH]1)C(=O)c1ccc(Br)cc1. The number of H-pyrrole nitrogens is 1. The molecule has 0 aliphatic rings. The van der Waals surface area contributed by atoms with Crippen molar-refractivity contribution in [2.45, 2.75) is 6.54 Å². The summed E-state index contributed by atoms with van der Waals surface area (Å²) in [5.41, 5.74) is 0.648. The topological polar surface area (TPSA) is 61.9 Å². The number of amides is 1. The molecule has 0 bridgehead atoms. The van der Waals surface area contributed by atoms with Crippen LogP contribution >= 0.6 is 15.9 Å². The number of nitrogens with zero attached hydrogens (tertiary/aromatic N) is 3. The Morgan fingerprint density at radius 3 is 2.71 bits per heavy atom. The molecule has 5 nitrogen and oxygen atoms in total. The van der Waals surface area contributed by atoms with Gasteiger partial charge in [0.2, 0.25) is 0 Å². The fourth-order valence-corrected chi connectivity index (χ4v) is 1.68. The van der Waals surface area contributed by atoms with Gasteiger partial charge in [0, 0.05) is 17.1 Å². The highest BCUT2D eigenvalue weighted by Crippen LogP contribution is 2.12. The summed E-state index contributed by atoms with van der Waals surface area (Å²) in [6, 6.07) is 7.25. The van der Waals surface area contributed by atoms with Gasteiger partial charge in [-0.2, -0.15) is 5.10 Å². The molecule has 88 valence electrons. The third-order valence-corrected chi connectivity index (χ3v) is 2.82. The fraction of sp³-hybridized carbons (Fsp3) is 0.182. The average molecular weight is 295 g/mol. The Kier molecular flexibility index (Phi) is 3.53. The molecule has 6 heteroatoms. The van der Waals surface area contributed by atoms with Crippen LogP contribution in [-0.4, -0.2) is 33.0 Å². The van der Waals surface area contributed by atoms with E-state index in [4.69, 9.17) is 0 Å². The van der Waals surface area contributed by atoms with Crippen LogP contribution in [0.5, 0.6) is 0 Å². The smallest absolute Gasteiger partial charge is 0.254 e. The summed E-state index contributed by atoms with van der Waals surface area (Å²) in [6.07, 6.45) is 1.42. The third kappa shape index (κ3) is 2.91. The number of hydrogen-bond acceptors (Lipinski definition) is 3. The number of carbonyl (C=O) groups excluding carboxylic acids is 1. The third-order valence-electron chi connectivity index (χ3n) is 2.29. The minimum absolute atomic E-state index is 0.0473. The summed E-state index contributed by atoms with van der Waals surface area (Å²) in [5, 5.41) is 6.46. The number of hydrogen-bond donors (Lipinski definition) is 1. The first-order chi connectivity index (χ1) is 8.16. The molecule has 0 atom stereocenters. The molecule has 1 aromatic heterocycles. The lowest BCUT2D eigenvalue weighted by atomic mass is 10.2. The number of halogens is 1. The van der Waals surface area contributed by atoms with E-state index in [2.05, 4.69) is 31.1 Å². The minimum Gasteiger partial charge on any atom is -0.334 e. The van der Waals surface area contributed by atoms with Gasteiger partial charge >= 0.3 is 0 Å². The van der Waals surface area contributed by atoms with Crippen LogP contribution in [0.25, 0.3) is 0 Å². The molecule has 0 fully saturated rings. The molecule has 0 aliphatic carbocycles. The van der Waals surface area contributed by atoms with Crippen LogP contribution in [0.15, 0.2) is 35.1 Å². The summed E-state index contributed by atoms with van der Waals surface area (Å²) < 4.78 is 0.951. The molecular weight excluding hydrogens is 284 g/mol. The van der Waals surface area contributed by atoms with E-state index >= 15 is 0 Å². The molecule has 0 spiro atoms. The number of rotatable bonds is 3. The Morgan fingerprint density at radius 1 is 1.41 bits per heavy atom. The van der Waals surface area contributed by atoms with Gasteiger partial charge in [0.25, 0.3) is 5.91 Å². The van der Waals surface area contributed by atoms with Crippen molar-refractivity contribution in [3.63, 3.8) is 0 Å². The highest BCUT2D eigenvalue weighted by atomic mass is 79.9. The van der Waals surface area contributed by atoms with Crippen molar-refractivity contribution in [2.24, 2.45) is 0 Å². The number of nitrogens with one attached hydrogen (secondary N) is 1. The van der Waals surface area contributed by atoms with Crippen molar-refractivity contribution < 1.29 is 4.79 Å². The quantitative estimate of drug-likeness (QED) is 0.940. The molecule has 0 saturated heterocycles. The first-order valence-electron chi connectivity index (χ1n) is 5.02. The largest absolute Gasteiger partial charge is 0.334 e. The monoisotopic (exact) mass is 294 g/mol. The lowest BCUT2D eigenvalue weighted by Gasteiger charge is -2.15. The summed E-state index contributed by atoms with van der Waals surface area (Å²) in [5.74, 6) is 0.617. The zero-order valence-corrected chi connectivity index (χ0v) is 10.8. The second-order valence-corrected chi connectivity index (χ2v) is 4.52. The van der Waals surface area contributed by atoms with Gasteiger partial charge in [0.05, 0.1) is 6.54 Å². The van der Waals surface area contributed by atoms with Crippen LogP contribution in [0.2, 0.25) is 0 Å². The Bertz CT molecular complexity index is 495. The zero-order chi connectivity index (χ0) is 12.3. The number of aromatic amines is 1. The van der Waals surface area contributed by atoms with Crippen LogP contribution < -0.4 is 0 Å². The predicted molar refractivity (Wildman–Crippen MR) is 66.3 cm³/mol. The fourth-order valence-electron chi connectivity index (χ4n) is 1.42. The number of aromatic nitrogens is 3. The lowest BCUT2D eigenvalue weighted by Crippen LogP contribution is -2.26. The Balaban J connectivity index is 2.07. The van der Waals surface area contributed by atoms with Gasteiger partial charge in [0.1, 0.15) is 12.2 Å². The summed E-state index contributed by atoms with van der Waals surface area (Å²) in [4.78, 5) is 17.6. The van der Waals surface area contributed by atoms with Gasteiger partial charge in [-0.05, 0) is 24.3 Å². The summed E-state index contributed by atoms with van der Waals surface area (Å²) >= 11 is 3.33. The van der Waals surface area contributed by atoms with Crippen LogP contribution in [0.4, 0.5) is 0 Å². The van der Waals surface area contributed by atoms with E-state index in [1.807, 2.05) is 12.1 Å². The molecule has 0 aliphatic heterocycles. The van der Waals surface area contributed by atoms with Crippen molar-refractivity contribution >= 4 is 21.8 Å². The van der Waals surface area contributed by atoms with Crippen molar-refractivity contribution in [3.05, 3.63) is 46.5 Å². The molecule has 1 aromatic carbocycles. The second kappa shape index (κ2) is 5.09. The summed E-state index contributed by atoms with van der Waals surface area (Å²) in [6.45, 7) is 0.412. The molecule has 2 aromatic rings. The average Bonchev–Trinajstić information content (AvgIpc) is 2.82. The van der Waals surface area contributed by atoms with Crippen molar-refractivity contribution in [1.82, 2.24) is 20.1 Å². The standard InChI is InChI=1S/C11H11BrN4O/c1-16(6-10-13-7-14-15-10)11(17)8-2-4-9(12)5-3-8/h2-5,7H,6H2,1H3,(H,13,14,15). The van der Waals surface area contributed by atoms with Gasteiger partial charge < -0.3 is 4.90 Å². The Morgan fingerprint density at radius 2 is 2.12 bits per heavy atom. The molecule has 0 radical (unpaired) electrons. The van der Waals surface area contributed by atoms with E-state index in [1.54, 1.807) is 24.1 Å². The zero-order valence-electron chi connectivity index (χ0n) is 9.22. The Labute approximate surface area is 107 Å². The van der Waals surface area contributed by atoms with Crippen molar-refractivity contribution in [2.75, 3.05) is 7.05 Å². The second-order valence-electron chi connectivity index (χ2n) is 3.60. The van der Waals surface area contributed by atoms with E-state index < -0.39 is 0 Å². The van der Waals surface area contributed by atoms with Gasteiger partial charge in [-0.3, -0.25) is 9.89 Å². The maximum atomic E-state index is 12.0. The van der Waals surface area contributed by atoms with Crippen molar-refractivity contribution in [1.29, 1.82) is 0 Å². The predicted octanol–water partition coefficient (Wildman–Crippen LogP) is 1.84. The van der Waals surface area contributed by atoms with E-state index in [9.17, 15) is 4.79 Å². The first kappa shape index (κ1) is 11.8. The molecular formula is C11H11BrN4O. The van der Waals surface area contributed by atoms with E-state index in [0.29, 0.717) is 17.9 Å². The maximum absolute atomic E-state index is 12.0. The molecule has 0 saturated carbocycles. The highest BCUT2D eigenvalue weighted by molar-refractivity contribution is 9.10. The van der Waals surface area contributed by atoms with E-state index in [0.717, 1.165) is 4.47 Å². The first-order valence-corrected chi connectivity index (χ1v) is 5.81. The van der Waals surface area contributed by atoms with Crippen LogP contribution in [0, 0.1) is 0 Å². The minimum atomic E-state index is -0.0473. The van der Waals surface area contributed by atoms with Crippen molar-refractivity contribution in [3.8, 4) is 0 Å². The van der Waals surface area contributed by atoms with Crippen LogP contribution in [-0.2, 0) is 6.54 Å². The molecule has 1 amide bonds. The normalized spacial score (nSPS) is 10.2. The summed E-state index contributed by atoms with van der Waals surface area (Å²) in [7, 11) is 1.73. The van der Waals surface area contributed by atoms with Gasteiger partial charge in [0.15, 0.2) is 0 Å². The van der Waals surface area contributed by atoms with Crippen LogP contribution in [0.3, 0.4) is 0 Å². The molecule has 0 unspecified atom stereocenters. The van der Waals surface area contributed by atoms with Gasteiger partial charge in [-0.1, -0.05) is 15.9 Å². The highest BCUT2D eigenvalue weighted by Gasteiger charge is 2.12. The maximum Gasteiger partial charge on any atom is 0.254 e. The molecule has 1 heterocycles. The molecule has 17 heavy (non-hydrogen) atoms. The number of benzene rings is 1. The molecule has 1 N–H and O–H groups in total. The van der Waals surface area contributed by atoms with Crippen LogP contribution in [0.1, 0.15) is 16.2 Å². The molecule has 2 rings (SSSR count). The Hall–Kier alpha value is -1.69. The number of carbonyl (C=O) groups is 1. The van der Waals surface area contributed by atoms with Gasteiger partial charge in [-0.15, -0.1) is 0 Å². The lowest BCUT2D eigenvalue weighted by molar-refractivity contribution is 0.0781. The van der Waals surface area contributed by atoms with E-state index in [1.165, 1.54) is 6.33 Å². The van der Waals surface area contributed by atoms with Gasteiger partial charge in [-0.25, -0.2) is 4.98 Å². The van der Waals surface area contributed by atoms with E-state index in [-0.39, 0.29) is 5.91 Å².